The lowest BCUT2D eigenvalue weighted by atomic mass is 9.95. The van der Waals surface area contributed by atoms with Crippen LogP contribution in [0.5, 0.6) is 11.5 Å². The third kappa shape index (κ3) is 4.48. The molecule has 142 valence electrons. The van der Waals surface area contributed by atoms with Crippen LogP contribution in [0.25, 0.3) is 0 Å². The van der Waals surface area contributed by atoms with Crippen molar-refractivity contribution in [1.29, 1.82) is 0 Å². The lowest BCUT2D eigenvalue weighted by Gasteiger charge is -2.25. The fraction of sp³-hybridized carbons (Fsp3) is 0.600. The lowest BCUT2D eigenvalue weighted by molar-refractivity contribution is -0.123. The van der Waals surface area contributed by atoms with Crippen molar-refractivity contribution >= 4 is 11.8 Å². The Bertz CT molecular complexity index is 674. The van der Waals surface area contributed by atoms with Crippen LogP contribution in [0.4, 0.5) is 0 Å². The van der Waals surface area contributed by atoms with Gasteiger partial charge in [-0.2, -0.15) is 0 Å². The fourth-order valence-electron chi connectivity index (χ4n) is 3.25. The molecule has 3 rings (SSSR count). The highest BCUT2D eigenvalue weighted by Crippen LogP contribution is 2.37. The Morgan fingerprint density at radius 2 is 1.88 bits per heavy atom. The Balaban J connectivity index is 1.54. The van der Waals surface area contributed by atoms with E-state index in [1.807, 2.05) is 18.2 Å². The van der Waals surface area contributed by atoms with Gasteiger partial charge in [0.05, 0.1) is 6.04 Å². The maximum atomic E-state index is 12.3. The Morgan fingerprint density at radius 3 is 2.54 bits per heavy atom. The van der Waals surface area contributed by atoms with Crippen LogP contribution >= 0.6 is 0 Å². The average Bonchev–Trinajstić information content (AvgIpc) is 3.36. The van der Waals surface area contributed by atoms with E-state index in [0.717, 1.165) is 23.5 Å². The maximum absolute atomic E-state index is 12.3. The van der Waals surface area contributed by atoms with Crippen molar-refractivity contribution in [2.24, 2.45) is 17.8 Å². The van der Waals surface area contributed by atoms with Gasteiger partial charge in [0.25, 0.3) is 0 Å². The highest BCUT2D eigenvalue weighted by molar-refractivity contribution is 5.82. The van der Waals surface area contributed by atoms with Crippen LogP contribution in [0, 0.1) is 17.8 Å². The molecule has 2 amide bonds. The molecule has 0 saturated heterocycles. The van der Waals surface area contributed by atoms with Crippen molar-refractivity contribution in [2.45, 2.75) is 39.7 Å². The fourth-order valence-corrected chi connectivity index (χ4v) is 3.25. The van der Waals surface area contributed by atoms with Crippen LogP contribution in [0.3, 0.4) is 0 Å². The molecule has 1 aliphatic carbocycles. The molecule has 1 aromatic carbocycles. The number of amides is 2. The summed E-state index contributed by atoms with van der Waals surface area (Å²) in [5.74, 6) is 2.30. The summed E-state index contributed by atoms with van der Waals surface area (Å²) in [5.41, 5.74) is 0.994. The molecule has 1 aliphatic heterocycles. The Labute approximate surface area is 154 Å². The summed E-state index contributed by atoms with van der Waals surface area (Å²) < 4.78 is 11.2. The van der Waals surface area contributed by atoms with Gasteiger partial charge in [0.2, 0.25) is 11.8 Å². The molecule has 6 heteroatoms. The Morgan fingerprint density at radius 1 is 1.19 bits per heavy atom. The normalized spacial score (nSPS) is 21.8. The largest absolute Gasteiger partial charge is 0.486 e. The third-order valence-corrected chi connectivity index (χ3v) is 5.01. The van der Waals surface area contributed by atoms with Gasteiger partial charge in [-0.1, -0.05) is 26.8 Å². The number of hydrogen-bond acceptors (Lipinski definition) is 4. The predicted molar refractivity (Wildman–Crippen MR) is 98.1 cm³/mol. The van der Waals surface area contributed by atoms with Crippen molar-refractivity contribution < 1.29 is 19.1 Å². The number of rotatable bonds is 7. The molecular formula is C20H28N2O4. The number of carbonyl (C=O) groups is 2. The van der Waals surface area contributed by atoms with Crippen LogP contribution in [0.15, 0.2) is 18.2 Å². The number of hydrogen-bond donors (Lipinski definition) is 2. The standard InChI is InChI=1S/C20H28N2O4/c1-12(2)19(14-4-5-16-17(11-14)26-9-8-25-16)22-18(23)6-7-21-20(24)15-10-13(15)3/h4-5,11-13,15,19H,6-10H2,1-3H3,(H,21,24)(H,22,23). The molecular weight excluding hydrogens is 332 g/mol. The topological polar surface area (TPSA) is 76.7 Å². The lowest BCUT2D eigenvalue weighted by Crippen LogP contribution is -2.35. The molecule has 1 heterocycles. The van der Waals surface area contributed by atoms with Crippen LogP contribution < -0.4 is 20.1 Å². The second-order valence-electron chi connectivity index (χ2n) is 7.55. The average molecular weight is 360 g/mol. The Kier molecular flexibility index (Phi) is 5.69. The summed E-state index contributed by atoms with van der Waals surface area (Å²) in [5, 5.41) is 5.93. The maximum Gasteiger partial charge on any atom is 0.223 e. The van der Waals surface area contributed by atoms with Crippen LogP contribution in [-0.2, 0) is 9.59 Å². The highest BCUT2D eigenvalue weighted by Gasteiger charge is 2.38. The number of benzene rings is 1. The summed E-state index contributed by atoms with van der Waals surface area (Å²) in [7, 11) is 0. The van der Waals surface area contributed by atoms with E-state index >= 15 is 0 Å². The van der Waals surface area contributed by atoms with E-state index in [2.05, 4.69) is 31.4 Å². The summed E-state index contributed by atoms with van der Waals surface area (Å²) in [4.78, 5) is 24.1. The van der Waals surface area contributed by atoms with Crippen molar-refractivity contribution in [1.82, 2.24) is 10.6 Å². The molecule has 0 spiro atoms. The molecule has 26 heavy (non-hydrogen) atoms. The molecule has 0 bridgehead atoms. The molecule has 0 radical (unpaired) electrons. The van der Waals surface area contributed by atoms with Gasteiger partial charge in [0.1, 0.15) is 13.2 Å². The minimum atomic E-state index is -0.113. The Hall–Kier alpha value is -2.24. The van der Waals surface area contributed by atoms with Crippen molar-refractivity contribution in [3.05, 3.63) is 23.8 Å². The van der Waals surface area contributed by atoms with Gasteiger partial charge in [-0.15, -0.1) is 0 Å². The van der Waals surface area contributed by atoms with Crippen LogP contribution in [-0.4, -0.2) is 31.6 Å². The van der Waals surface area contributed by atoms with Crippen molar-refractivity contribution in [3.63, 3.8) is 0 Å². The van der Waals surface area contributed by atoms with Gasteiger partial charge in [-0.3, -0.25) is 9.59 Å². The van der Waals surface area contributed by atoms with Gasteiger partial charge in [-0.25, -0.2) is 0 Å². The second-order valence-corrected chi connectivity index (χ2v) is 7.55. The zero-order valence-electron chi connectivity index (χ0n) is 15.7. The van der Waals surface area contributed by atoms with E-state index in [1.54, 1.807) is 0 Å². The summed E-state index contributed by atoms with van der Waals surface area (Å²) in [6, 6.07) is 5.68. The zero-order chi connectivity index (χ0) is 18.7. The van der Waals surface area contributed by atoms with Gasteiger partial charge in [0, 0.05) is 18.9 Å². The first-order valence-electron chi connectivity index (χ1n) is 9.42. The minimum absolute atomic E-state index is 0.0669. The summed E-state index contributed by atoms with van der Waals surface area (Å²) in [6.07, 6.45) is 1.23. The molecule has 1 fully saturated rings. The first-order valence-corrected chi connectivity index (χ1v) is 9.42. The van der Waals surface area contributed by atoms with Crippen molar-refractivity contribution in [2.75, 3.05) is 19.8 Å². The zero-order valence-corrected chi connectivity index (χ0v) is 15.7. The van der Waals surface area contributed by atoms with Crippen LogP contribution in [0.2, 0.25) is 0 Å². The SMILES string of the molecule is CC(C)C(NC(=O)CCNC(=O)C1CC1C)c1ccc2c(c1)OCCO2. The minimum Gasteiger partial charge on any atom is -0.486 e. The molecule has 6 nitrogen and oxygen atoms in total. The second kappa shape index (κ2) is 7.98. The number of nitrogens with one attached hydrogen (secondary N) is 2. The quantitative estimate of drug-likeness (QED) is 0.783. The third-order valence-electron chi connectivity index (χ3n) is 5.01. The molecule has 3 unspecified atom stereocenters. The smallest absolute Gasteiger partial charge is 0.223 e. The van der Waals surface area contributed by atoms with Gasteiger partial charge >= 0.3 is 0 Å². The number of carbonyl (C=O) groups excluding carboxylic acids is 2. The van der Waals surface area contributed by atoms with Gasteiger partial charge in [-0.05, 0) is 36.0 Å². The summed E-state index contributed by atoms with van der Waals surface area (Å²) >= 11 is 0. The molecule has 0 aromatic heterocycles. The summed E-state index contributed by atoms with van der Waals surface area (Å²) in [6.45, 7) is 7.67. The first-order chi connectivity index (χ1) is 12.5. The van der Waals surface area contributed by atoms with E-state index in [0.29, 0.717) is 25.7 Å². The molecule has 2 N–H and O–H groups in total. The first kappa shape index (κ1) is 18.5. The molecule has 2 aliphatic rings. The predicted octanol–water partition coefficient (Wildman–Crippen LogP) is 2.43. The van der Waals surface area contributed by atoms with E-state index in [-0.39, 0.29) is 36.1 Å². The molecule has 1 saturated carbocycles. The van der Waals surface area contributed by atoms with Crippen LogP contribution in [0.1, 0.15) is 45.2 Å². The van der Waals surface area contributed by atoms with Crippen molar-refractivity contribution in [3.8, 4) is 11.5 Å². The molecule has 1 aromatic rings. The van der Waals surface area contributed by atoms with E-state index in [9.17, 15) is 9.59 Å². The van der Waals surface area contributed by atoms with Gasteiger partial charge < -0.3 is 20.1 Å². The van der Waals surface area contributed by atoms with Gasteiger partial charge in [0.15, 0.2) is 11.5 Å². The highest BCUT2D eigenvalue weighted by atomic mass is 16.6. The number of ether oxygens (including phenoxy) is 2. The van der Waals surface area contributed by atoms with E-state index in [1.165, 1.54) is 0 Å². The van der Waals surface area contributed by atoms with E-state index in [4.69, 9.17) is 9.47 Å². The van der Waals surface area contributed by atoms with E-state index < -0.39 is 0 Å². The number of fused-ring (bicyclic) bond motifs is 1. The molecule has 3 atom stereocenters. The monoisotopic (exact) mass is 360 g/mol.